The standard InChI is InChI=1S/C15H24N2O3/c18-14(11-3-1-4-11)16-12-6-8-17(9-7-12)15(19)13-5-2-10-20-13/h11-13H,1-10H2,(H,16,18). The molecule has 2 saturated heterocycles. The van der Waals surface area contributed by atoms with E-state index in [9.17, 15) is 9.59 Å². The van der Waals surface area contributed by atoms with E-state index in [0.29, 0.717) is 6.61 Å². The van der Waals surface area contributed by atoms with Gasteiger partial charge in [-0.25, -0.2) is 0 Å². The van der Waals surface area contributed by atoms with Crippen LogP contribution in [0.15, 0.2) is 0 Å². The zero-order chi connectivity index (χ0) is 13.9. The maximum Gasteiger partial charge on any atom is 0.251 e. The molecule has 3 rings (SSSR count). The summed E-state index contributed by atoms with van der Waals surface area (Å²) >= 11 is 0. The van der Waals surface area contributed by atoms with Gasteiger partial charge in [0.25, 0.3) is 5.91 Å². The molecule has 5 heteroatoms. The van der Waals surface area contributed by atoms with Crippen LogP contribution in [0.5, 0.6) is 0 Å². The largest absolute Gasteiger partial charge is 0.368 e. The summed E-state index contributed by atoms with van der Waals surface area (Å²) in [6.45, 7) is 2.20. The second-order valence-electron chi connectivity index (χ2n) is 6.24. The van der Waals surface area contributed by atoms with Crippen LogP contribution < -0.4 is 5.32 Å². The highest BCUT2D eigenvalue weighted by Gasteiger charge is 2.32. The molecule has 3 aliphatic rings. The van der Waals surface area contributed by atoms with Crippen LogP contribution in [-0.4, -0.2) is 48.6 Å². The molecule has 1 atom stereocenters. The van der Waals surface area contributed by atoms with Gasteiger partial charge in [-0.1, -0.05) is 6.42 Å². The van der Waals surface area contributed by atoms with Crippen molar-refractivity contribution in [1.29, 1.82) is 0 Å². The monoisotopic (exact) mass is 280 g/mol. The fourth-order valence-electron chi connectivity index (χ4n) is 3.21. The first kappa shape index (κ1) is 13.9. The average molecular weight is 280 g/mol. The van der Waals surface area contributed by atoms with Crippen LogP contribution in [0, 0.1) is 5.92 Å². The fraction of sp³-hybridized carbons (Fsp3) is 0.867. The minimum atomic E-state index is -0.212. The van der Waals surface area contributed by atoms with Gasteiger partial charge in [-0.3, -0.25) is 9.59 Å². The number of carbonyl (C=O) groups excluding carboxylic acids is 2. The van der Waals surface area contributed by atoms with E-state index in [1.54, 1.807) is 0 Å². The van der Waals surface area contributed by atoms with Crippen LogP contribution in [0.2, 0.25) is 0 Å². The third-order valence-corrected chi connectivity index (χ3v) is 4.83. The molecular formula is C15H24N2O3. The summed E-state index contributed by atoms with van der Waals surface area (Å²) in [6.07, 6.45) is 6.66. The Morgan fingerprint density at radius 2 is 1.75 bits per heavy atom. The van der Waals surface area contributed by atoms with Gasteiger partial charge >= 0.3 is 0 Å². The number of nitrogens with one attached hydrogen (secondary N) is 1. The second-order valence-corrected chi connectivity index (χ2v) is 6.24. The van der Waals surface area contributed by atoms with Crippen molar-refractivity contribution in [2.24, 2.45) is 5.92 Å². The number of hydrogen-bond donors (Lipinski definition) is 1. The Bertz CT molecular complexity index is 367. The van der Waals surface area contributed by atoms with Gasteiger partial charge in [-0.2, -0.15) is 0 Å². The highest BCUT2D eigenvalue weighted by atomic mass is 16.5. The van der Waals surface area contributed by atoms with Gasteiger partial charge < -0.3 is 15.0 Å². The van der Waals surface area contributed by atoms with Gasteiger partial charge in [-0.05, 0) is 38.5 Å². The maximum atomic E-state index is 12.2. The van der Waals surface area contributed by atoms with Crippen LogP contribution in [0.4, 0.5) is 0 Å². The Morgan fingerprint density at radius 1 is 1.00 bits per heavy atom. The smallest absolute Gasteiger partial charge is 0.251 e. The minimum absolute atomic E-state index is 0.145. The number of rotatable bonds is 3. The molecule has 1 N–H and O–H groups in total. The second kappa shape index (κ2) is 6.12. The van der Waals surface area contributed by atoms with Gasteiger partial charge in [-0.15, -0.1) is 0 Å². The van der Waals surface area contributed by atoms with Gasteiger partial charge in [0.2, 0.25) is 5.91 Å². The normalized spacial score (nSPS) is 28.2. The summed E-state index contributed by atoms with van der Waals surface area (Å²) in [6, 6.07) is 0.247. The van der Waals surface area contributed by atoms with E-state index in [-0.39, 0.29) is 29.9 Å². The van der Waals surface area contributed by atoms with Crippen molar-refractivity contribution < 1.29 is 14.3 Å². The molecule has 112 valence electrons. The first-order chi connectivity index (χ1) is 9.74. The molecule has 0 bridgehead atoms. The predicted octanol–water partition coefficient (Wildman–Crippen LogP) is 1.07. The highest BCUT2D eigenvalue weighted by molar-refractivity contribution is 5.81. The Balaban J connectivity index is 1.42. The van der Waals surface area contributed by atoms with E-state index < -0.39 is 0 Å². The molecule has 3 fully saturated rings. The zero-order valence-corrected chi connectivity index (χ0v) is 12.0. The van der Waals surface area contributed by atoms with Crippen molar-refractivity contribution in [2.75, 3.05) is 19.7 Å². The molecule has 1 saturated carbocycles. The number of nitrogens with zero attached hydrogens (tertiary/aromatic N) is 1. The van der Waals surface area contributed by atoms with Crippen LogP contribution in [0.1, 0.15) is 44.9 Å². The third-order valence-electron chi connectivity index (χ3n) is 4.83. The van der Waals surface area contributed by atoms with Crippen molar-refractivity contribution in [2.45, 2.75) is 57.1 Å². The third kappa shape index (κ3) is 2.97. The van der Waals surface area contributed by atoms with Gasteiger partial charge in [0.15, 0.2) is 0 Å². The van der Waals surface area contributed by atoms with Crippen LogP contribution in [0.3, 0.4) is 0 Å². The van der Waals surface area contributed by atoms with Gasteiger partial charge in [0, 0.05) is 31.7 Å². The molecule has 0 aromatic rings. The Morgan fingerprint density at radius 3 is 2.30 bits per heavy atom. The Labute approximate surface area is 120 Å². The molecule has 2 aliphatic heterocycles. The molecule has 0 spiro atoms. The van der Waals surface area contributed by atoms with E-state index in [1.165, 1.54) is 6.42 Å². The van der Waals surface area contributed by atoms with E-state index in [0.717, 1.165) is 51.6 Å². The molecule has 1 unspecified atom stereocenters. The van der Waals surface area contributed by atoms with Crippen molar-refractivity contribution in [1.82, 2.24) is 10.2 Å². The molecule has 0 radical (unpaired) electrons. The van der Waals surface area contributed by atoms with Crippen LogP contribution >= 0.6 is 0 Å². The number of amides is 2. The lowest BCUT2D eigenvalue weighted by atomic mass is 9.84. The summed E-state index contributed by atoms with van der Waals surface area (Å²) in [4.78, 5) is 26.0. The molecule has 2 heterocycles. The highest BCUT2D eigenvalue weighted by Crippen LogP contribution is 2.27. The number of ether oxygens (including phenoxy) is 1. The van der Waals surface area contributed by atoms with Crippen molar-refractivity contribution in [3.05, 3.63) is 0 Å². The summed E-state index contributed by atoms with van der Waals surface area (Å²) in [5.41, 5.74) is 0. The van der Waals surface area contributed by atoms with E-state index in [4.69, 9.17) is 4.74 Å². The summed E-state index contributed by atoms with van der Waals surface area (Å²) in [7, 11) is 0. The van der Waals surface area contributed by atoms with Crippen LogP contribution in [-0.2, 0) is 14.3 Å². The average Bonchev–Trinajstić information content (AvgIpc) is 2.90. The molecule has 20 heavy (non-hydrogen) atoms. The zero-order valence-electron chi connectivity index (χ0n) is 12.0. The van der Waals surface area contributed by atoms with Crippen LogP contribution in [0.25, 0.3) is 0 Å². The Kier molecular flexibility index (Phi) is 4.24. The lowest BCUT2D eigenvalue weighted by molar-refractivity contribution is -0.142. The summed E-state index contributed by atoms with van der Waals surface area (Å²) < 4.78 is 5.45. The maximum absolute atomic E-state index is 12.2. The molecule has 1 aliphatic carbocycles. The van der Waals surface area contributed by atoms with E-state index in [2.05, 4.69) is 5.32 Å². The van der Waals surface area contributed by atoms with Crippen molar-refractivity contribution >= 4 is 11.8 Å². The Hall–Kier alpha value is -1.10. The number of likely N-dealkylation sites (tertiary alicyclic amines) is 1. The van der Waals surface area contributed by atoms with E-state index >= 15 is 0 Å². The first-order valence-electron chi connectivity index (χ1n) is 7.95. The lowest BCUT2D eigenvalue weighted by Crippen LogP contribution is -2.50. The van der Waals surface area contributed by atoms with Crippen molar-refractivity contribution in [3.8, 4) is 0 Å². The topological polar surface area (TPSA) is 58.6 Å². The fourth-order valence-corrected chi connectivity index (χ4v) is 3.21. The summed E-state index contributed by atoms with van der Waals surface area (Å²) in [5, 5.41) is 3.14. The number of hydrogen-bond acceptors (Lipinski definition) is 3. The molecule has 0 aromatic carbocycles. The van der Waals surface area contributed by atoms with E-state index in [1.807, 2.05) is 4.90 Å². The number of piperidine rings is 1. The molecule has 0 aromatic heterocycles. The molecule has 2 amide bonds. The first-order valence-corrected chi connectivity index (χ1v) is 7.95. The lowest BCUT2D eigenvalue weighted by Gasteiger charge is -2.35. The molecule has 5 nitrogen and oxygen atoms in total. The van der Waals surface area contributed by atoms with Crippen molar-refractivity contribution in [3.63, 3.8) is 0 Å². The summed E-state index contributed by atoms with van der Waals surface area (Å²) in [5.74, 6) is 0.618. The predicted molar refractivity (Wildman–Crippen MR) is 74.1 cm³/mol. The number of carbonyl (C=O) groups is 2. The SMILES string of the molecule is O=C(NC1CCN(C(=O)C2CCCO2)CC1)C1CCC1. The molecular weight excluding hydrogens is 256 g/mol. The van der Waals surface area contributed by atoms with Gasteiger partial charge in [0.1, 0.15) is 6.10 Å². The van der Waals surface area contributed by atoms with Gasteiger partial charge in [0.05, 0.1) is 0 Å². The quantitative estimate of drug-likeness (QED) is 0.841. The minimum Gasteiger partial charge on any atom is -0.368 e.